The average molecular weight is 516 g/mol. The minimum atomic E-state index is -3.83. The second-order valence-electron chi connectivity index (χ2n) is 9.05. The molecular formula is C22H21F5N4O3S. The molecule has 1 aromatic heterocycles. The Morgan fingerprint density at radius 2 is 1.83 bits per heavy atom. The number of sulfonamides is 1. The number of oxime groups is 1. The molecule has 2 fully saturated rings. The zero-order valence-corrected chi connectivity index (χ0v) is 19.3. The van der Waals surface area contributed by atoms with Gasteiger partial charge in [-0.3, -0.25) is 4.98 Å². The highest BCUT2D eigenvalue weighted by Gasteiger charge is 2.53. The molecular weight excluding hydrogens is 495 g/mol. The molecule has 0 bridgehead atoms. The summed E-state index contributed by atoms with van der Waals surface area (Å²) in [5, 5.41) is 3.24. The number of amidine groups is 1. The van der Waals surface area contributed by atoms with Crippen molar-refractivity contribution in [1.82, 2.24) is 14.6 Å². The fourth-order valence-corrected chi connectivity index (χ4v) is 5.90. The topological polar surface area (TPSA) is 83.9 Å². The molecule has 188 valence electrons. The van der Waals surface area contributed by atoms with E-state index in [1.54, 1.807) is 6.92 Å². The molecule has 5 rings (SSSR count). The Bertz CT molecular complexity index is 1290. The van der Waals surface area contributed by atoms with Crippen LogP contribution in [-0.4, -0.2) is 54.4 Å². The maximum Gasteiger partial charge on any atom is 0.282 e. The van der Waals surface area contributed by atoms with Crippen LogP contribution in [0.5, 0.6) is 0 Å². The van der Waals surface area contributed by atoms with E-state index >= 15 is 0 Å². The molecule has 2 aliphatic heterocycles. The fourth-order valence-electron chi connectivity index (χ4n) is 4.31. The van der Waals surface area contributed by atoms with Gasteiger partial charge in [-0.2, -0.15) is 0 Å². The van der Waals surface area contributed by atoms with Crippen LogP contribution < -0.4 is 4.72 Å². The van der Waals surface area contributed by atoms with Crippen molar-refractivity contribution in [3.63, 3.8) is 0 Å². The molecule has 3 aliphatic rings. The Balaban J connectivity index is 1.37. The summed E-state index contributed by atoms with van der Waals surface area (Å²) >= 11 is 0. The zero-order chi connectivity index (χ0) is 25.1. The largest absolute Gasteiger partial charge is 0.384 e. The van der Waals surface area contributed by atoms with E-state index in [-0.39, 0.29) is 30.1 Å². The Morgan fingerprint density at radius 1 is 1.14 bits per heavy atom. The Hall–Kier alpha value is -2.80. The summed E-state index contributed by atoms with van der Waals surface area (Å²) in [4.78, 5) is 10.9. The molecule has 13 heteroatoms. The van der Waals surface area contributed by atoms with Crippen molar-refractivity contribution in [1.29, 1.82) is 0 Å². The van der Waals surface area contributed by atoms with Gasteiger partial charge in [-0.25, -0.2) is 35.1 Å². The monoisotopic (exact) mass is 516 g/mol. The second-order valence-corrected chi connectivity index (χ2v) is 11.0. The zero-order valence-electron chi connectivity index (χ0n) is 18.4. The number of nitrogens with zero attached hydrogens (tertiary/aromatic N) is 3. The molecule has 0 spiro atoms. The maximum absolute atomic E-state index is 14.6. The summed E-state index contributed by atoms with van der Waals surface area (Å²) in [6, 6.07) is 0.953. The molecule has 1 aromatic carbocycles. The first-order valence-corrected chi connectivity index (χ1v) is 12.5. The average Bonchev–Trinajstić information content (AvgIpc) is 3.44. The first-order valence-electron chi connectivity index (χ1n) is 10.9. The lowest BCUT2D eigenvalue weighted by Gasteiger charge is -2.18. The molecule has 2 atom stereocenters. The Morgan fingerprint density at radius 3 is 2.49 bits per heavy atom. The smallest absolute Gasteiger partial charge is 0.282 e. The van der Waals surface area contributed by atoms with Crippen LogP contribution >= 0.6 is 0 Å². The lowest BCUT2D eigenvalue weighted by Crippen LogP contribution is -2.47. The number of alkyl halides is 2. The van der Waals surface area contributed by atoms with Crippen molar-refractivity contribution >= 4 is 15.9 Å². The van der Waals surface area contributed by atoms with Gasteiger partial charge < -0.3 is 9.74 Å². The van der Waals surface area contributed by atoms with E-state index in [2.05, 4.69) is 14.9 Å². The van der Waals surface area contributed by atoms with Crippen molar-refractivity contribution in [2.24, 2.45) is 5.16 Å². The van der Waals surface area contributed by atoms with Crippen molar-refractivity contribution in [3.05, 3.63) is 53.1 Å². The number of likely N-dealkylation sites (tertiary alicyclic amines) is 1. The van der Waals surface area contributed by atoms with Gasteiger partial charge in [0, 0.05) is 30.4 Å². The van der Waals surface area contributed by atoms with Crippen LogP contribution in [0.3, 0.4) is 0 Å². The van der Waals surface area contributed by atoms with E-state index in [9.17, 15) is 30.4 Å². The van der Waals surface area contributed by atoms with Crippen LogP contribution in [0, 0.1) is 24.4 Å². The summed E-state index contributed by atoms with van der Waals surface area (Å²) < 4.78 is 98.1. The van der Waals surface area contributed by atoms with Crippen LogP contribution in [-0.2, 0) is 14.9 Å². The van der Waals surface area contributed by atoms with E-state index in [4.69, 9.17) is 4.84 Å². The van der Waals surface area contributed by atoms with E-state index in [1.165, 1.54) is 17.2 Å². The Kier molecular flexibility index (Phi) is 5.74. The van der Waals surface area contributed by atoms with Gasteiger partial charge in [0.25, 0.3) is 5.92 Å². The molecule has 7 nitrogen and oxygen atoms in total. The number of aromatic nitrogens is 1. The highest BCUT2D eigenvalue weighted by Crippen LogP contribution is 2.39. The van der Waals surface area contributed by atoms with Crippen LogP contribution in [0.2, 0.25) is 0 Å². The summed E-state index contributed by atoms with van der Waals surface area (Å²) in [6.45, 7) is 0.574. The molecule has 1 N–H and O–H groups in total. The van der Waals surface area contributed by atoms with Crippen molar-refractivity contribution in [2.45, 2.75) is 49.5 Å². The SMILES string of the molecule is Cc1cnc([C@@H]2CC(N3C[C@@H](NS(=O)(=O)C4CC4)C(F)(F)C3)=NO2)c(-c2c(F)cc(F)cc2F)c1. The van der Waals surface area contributed by atoms with Crippen molar-refractivity contribution < 1.29 is 35.2 Å². The number of aryl methyl sites for hydroxylation is 1. The van der Waals surface area contributed by atoms with Gasteiger partial charge in [-0.05, 0) is 31.4 Å². The molecule has 1 saturated carbocycles. The van der Waals surface area contributed by atoms with Crippen LogP contribution in [0.4, 0.5) is 22.0 Å². The quantitative estimate of drug-likeness (QED) is 0.614. The van der Waals surface area contributed by atoms with Crippen LogP contribution in [0.15, 0.2) is 29.6 Å². The number of hydrogen-bond acceptors (Lipinski definition) is 6. The molecule has 35 heavy (non-hydrogen) atoms. The normalized spacial score (nSPS) is 23.9. The molecule has 3 heterocycles. The first kappa shape index (κ1) is 23.9. The third kappa shape index (κ3) is 4.58. The lowest BCUT2D eigenvalue weighted by molar-refractivity contribution is -0.00129. The molecule has 1 aliphatic carbocycles. The number of benzene rings is 1. The van der Waals surface area contributed by atoms with Gasteiger partial charge in [0.1, 0.15) is 29.3 Å². The van der Waals surface area contributed by atoms with E-state index in [0.717, 1.165) is 0 Å². The minimum absolute atomic E-state index is 0.0308. The van der Waals surface area contributed by atoms with Gasteiger partial charge in [-0.15, -0.1) is 0 Å². The van der Waals surface area contributed by atoms with Gasteiger partial charge >= 0.3 is 0 Å². The number of halogens is 5. The standard InChI is InChI=1S/C22H21F5N4O3S/c1-11-4-14(20-15(24)5-12(23)6-16(20)25)21(28-8-11)17-7-19(29-34-17)31-9-18(22(26,27)10-31)30-35(32,33)13-2-3-13/h4-6,8,13,17-18,30H,2-3,7,9-10H2,1H3/t17-,18+/m0/s1. The highest BCUT2D eigenvalue weighted by atomic mass is 32.2. The number of hydrogen-bond donors (Lipinski definition) is 1. The van der Waals surface area contributed by atoms with Gasteiger partial charge in [0.2, 0.25) is 10.0 Å². The predicted octanol–water partition coefficient (Wildman–Crippen LogP) is 3.65. The third-order valence-electron chi connectivity index (χ3n) is 6.24. The van der Waals surface area contributed by atoms with Crippen LogP contribution in [0.1, 0.15) is 36.6 Å². The van der Waals surface area contributed by atoms with Crippen molar-refractivity contribution in [3.8, 4) is 11.1 Å². The predicted molar refractivity (Wildman–Crippen MR) is 116 cm³/mol. The second kappa shape index (κ2) is 8.40. The maximum atomic E-state index is 14.6. The number of nitrogens with one attached hydrogen (secondary N) is 1. The molecule has 1 saturated heterocycles. The molecule has 0 radical (unpaired) electrons. The molecule has 0 unspecified atom stereocenters. The van der Waals surface area contributed by atoms with Crippen LogP contribution in [0.25, 0.3) is 11.1 Å². The van der Waals surface area contributed by atoms with E-state index < -0.39 is 62.9 Å². The number of rotatable bonds is 5. The fraction of sp³-hybridized carbons (Fsp3) is 0.455. The summed E-state index contributed by atoms with van der Waals surface area (Å²) in [7, 11) is -3.83. The van der Waals surface area contributed by atoms with E-state index in [0.29, 0.717) is 30.5 Å². The van der Waals surface area contributed by atoms with E-state index in [1.807, 2.05) is 0 Å². The summed E-state index contributed by atoms with van der Waals surface area (Å²) in [5.74, 6) is -6.52. The number of pyridine rings is 1. The van der Waals surface area contributed by atoms with Gasteiger partial charge in [0.05, 0.1) is 29.5 Å². The van der Waals surface area contributed by atoms with Gasteiger partial charge in [-0.1, -0.05) is 5.16 Å². The highest BCUT2D eigenvalue weighted by molar-refractivity contribution is 7.90. The molecule has 0 amide bonds. The summed E-state index contributed by atoms with van der Waals surface area (Å²) in [6.07, 6.45) is 1.36. The molecule has 2 aromatic rings. The third-order valence-corrected chi connectivity index (χ3v) is 8.20. The minimum Gasteiger partial charge on any atom is -0.384 e. The summed E-state index contributed by atoms with van der Waals surface area (Å²) in [5.41, 5.74) is 0.229. The first-order chi connectivity index (χ1) is 16.4. The lowest BCUT2D eigenvalue weighted by atomic mass is 9.97. The van der Waals surface area contributed by atoms with Crippen molar-refractivity contribution in [2.75, 3.05) is 13.1 Å². The Labute approximate surface area is 198 Å². The van der Waals surface area contributed by atoms with Gasteiger partial charge in [0.15, 0.2) is 6.10 Å².